The summed E-state index contributed by atoms with van der Waals surface area (Å²) in [7, 11) is 0. The summed E-state index contributed by atoms with van der Waals surface area (Å²) in [4.78, 5) is 11.3. The number of halogens is 2. The van der Waals surface area contributed by atoms with Gasteiger partial charge < -0.3 is 14.2 Å². The number of hydrogen-bond acceptors (Lipinski definition) is 4. The van der Waals surface area contributed by atoms with Crippen molar-refractivity contribution in [1.29, 1.82) is 0 Å². The van der Waals surface area contributed by atoms with Gasteiger partial charge in [-0.15, -0.1) is 0 Å². The number of hydrogen-bond donors (Lipinski definition) is 0. The lowest BCUT2D eigenvalue weighted by Crippen LogP contribution is -2.14. The third-order valence-electron chi connectivity index (χ3n) is 3.43. The molecule has 2 rings (SSSR count). The molecule has 0 atom stereocenters. The van der Waals surface area contributed by atoms with Gasteiger partial charge in [-0.05, 0) is 84.0 Å². The Labute approximate surface area is 166 Å². The summed E-state index contributed by atoms with van der Waals surface area (Å²) in [6, 6.07) is 11.7. The fraction of sp³-hybridized carbons (Fsp3) is 0.250. The quantitative estimate of drug-likeness (QED) is 0.406. The minimum absolute atomic E-state index is 0.118. The standard InChI is InChI=1S/C20H20FIO4/c1-3-24-20(23)13-26-19-9-8-17(12-14(19)2)25-11-10-18(22)15-4-6-16(21)7-5-15/h4-10,12H,3,11,13H2,1-2H3/b18-10-. The van der Waals surface area contributed by atoms with E-state index in [0.29, 0.717) is 24.7 Å². The van der Waals surface area contributed by atoms with Gasteiger partial charge in [0.25, 0.3) is 0 Å². The van der Waals surface area contributed by atoms with Gasteiger partial charge in [-0.1, -0.05) is 12.1 Å². The van der Waals surface area contributed by atoms with E-state index in [4.69, 9.17) is 14.2 Å². The Kier molecular flexibility index (Phi) is 7.90. The summed E-state index contributed by atoms with van der Waals surface area (Å²) in [6.07, 6.45) is 1.92. The molecule has 138 valence electrons. The van der Waals surface area contributed by atoms with E-state index in [1.165, 1.54) is 12.1 Å². The van der Waals surface area contributed by atoms with Crippen LogP contribution in [0.5, 0.6) is 11.5 Å². The molecule has 26 heavy (non-hydrogen) atoms. The minimum Gasteiger partial charge on any atom is -0.489 e. The minimum atomic E-state index is -0.396. The second kappa shape index (κ2) is 10.2. The number of ether oxygens (including phenoxy) is 3. The molecule has 0 amide bonds. The van der Waals surface area contributed by atoms with Crippen molar-refractivity contribution in [3.63, 3.8) is 0 Å². The Balaban J connectivity index is 1.90. The van der Waals surface area contributed by atoms with Crippen molar-refractivity contribution in [3.05, 3.63) is 65.5 Å². The topological polar surface area (TPSA) is 44.8 Å². The highest BCUT2D eigenvalue weighted by molar-refractivity contribution is 14.1. The molecule has 0 aliphatic carbocycles. The zero-order chi connectivity index (χ0) is 18.9. The van der Waals surface area contributed by atoms with Gasteiger partial charge in [-0.3, -0.25) is 0 Å². The lowest BCUT2D eigenvalue weighted by molar-refractivity contribution is -0.145. The predicted molar refractivity (Wildman–Crippen MR) is 107 cm³/mol. The number of esters is 1. The Morgan fingerprint density at radius 2 is 1.88 bits per heavy atom. The molecule has 0 radical (unpaired) electrons. The molecule has 2 aromatic rings. The molecule has 0 spiro atoms. The van der Waals surface area contributed by atoms with E-state index >= 15 is 0 Å². The van der Waals surface area contributed by atoms with E-state index < -0.39 is 5.97 Å². The molecule has 0 saturated carbocycles. The molecule has 0 bridgehead atoms. The Hall–Kier alpha value is -2.09. The van der Waals surface area contributed by atoms with Crippen molar-refractivity contribution in [2.24, 2.45) is 0 Å². The zero-order valence-electron chi connectivity index (χ0n) is 14.6. The molecule has 0 unspecified atom stereocenters. The van der Waals surface area contributed by atoms with E-state index in [9.17, 15) is 9.18 Å². The van der Waals surface area contributed by atoms with Crippen molar-refractivity contribution >= 4 is 32.1 Å². The molecule has 0 N–H and O–H groups in total. The van der Waals surface area contributed by atoms with Crippen LogP contribution in [-0.4, -0.2) is 25.8 Å². The molecule has 0 heterocycles. The molecule has 0 fully saturated rings. The molecular formula is C20H20FIO4. The largest absolute Gasteiger partial charge is 0.489 e. The molecule has 0 saturated heterocycles. The maximum Gasteiger partial charge on any atom is 0.344 e. The third kappa shape index (κ3) is 6.33. The monoisotopic (exact) mass is 470 g/mol. The van der Waals surface area contributed by atoms with Crippen LogP contribution in [0.25, 0.3) is 3.58 Å². The van der Waals surface area contributed by atoms with Crippen LogP contribution in [0.15, 0.2) is 48.5 Å². The van der Waals surface area contributed by atoms with Crippen LogP contribution in [-0.2, 0) is 9.53 Å². The average molecular weight is 470 g/mol. The highest BCUT2D eigenvalue weighted by Crippen LogP contribution is 2.25. The lowest BCUT2D eigenvalue weighted by atomic mass is 10.2. The Morgan fingerprint density at radius 3 is 2.54 bits per heavy atom. The van der Waals surface area contributed by atoms with Crippen molar-refractivity contribution < 1.29 is 23.4 Å². The maximum absolute atomic E-state index is 12.9. The van der Waals surface area contributed by atoms with E-state index in [1.807, 2.05) is 19.1 Å². The Bertz CT molecular complexity index is 772. The molecule has 4 nitrogen and oxygen atoms in total. The summed E-state index contributed by atoms with van der Waals surface area (Å²) in [5.74, 6) is 0.662. The maximum atomic E-state index is 12.9. The predicted octanol–water partition coefficient (Wildman–Crippen LogP) is 4.93. The zero-order valence-corrected chi connectivity index (χ0v) is 16.8. The molecule has 0 aromatic heterocycles. The highest BCUT2D eigenvalue weighted by Gasteiger charge is 2.06. The van der Waals surface area contributed by atoms with Crippen molar-refractivity contribution in [2.45, 2.75) is 13.8 Å². The summed E-state index contributed by atoms with van der Waals surface area (Å²) in [6.45, 7) is 4.23. The molecular weight excluding hydrogens is 450 g/mol. The van der Waals surface area contributed by atoms with Gasteiger partial charge in [0, 0.05) is 3.58 Å². The number of carbonyl (C=O) groups excluding carboxylic acids is 1. The smallest absolute Gasteiger partial charge is 0.344 e. The second-order valence-corrected chi connectivity index (χ2v) is 6.55. The fourth-order valence-corrected chi connectivity index (χ4v) is 2.69. The Morgan fingerprint density at radius 1 is 1.15 bits per heavy atom. The molecule has 2 aromatic carbocycles. The van der Waals surface area contributed by atoms with Crippen LogP contribution in [0.4, 0.5) is 4.39 Å². The first-order valence-corrected chi connectivity index (χ1v) is 9.21. The molecule has 0 aliphatic rings. The van der Waals surface area contributed by atoms with Gasteiger partial charge in [-0.2, -0.15) is 0 Å². The average Bonchev–Trinajstić information content (AvgIpc) is 2.61. The highest BCUT2D eigenvalue weighted by atomic mass is 127. The van der Waals surface area contributed by atoms with Gasteiger partial charge in [-0.25, -0.2) is 9.18 Å². The first kappa shape index (κ1) is 20.2. The number of carbonyl (C=O) groups is 1. The van der Waals surface area contributed by atoms with Crippen LogP contribution in [0.1, 0.15) is 18.1 Å². The third-order valence-corrected chi connectivity index (χ3v) is 4.49. The van der Waals surface area contributed by atoms with Gasteiger partial charge in [0.15, 0.2) is 6.61 Å². The summed E-state index contributed by atoms with van der Waals surface area (Å²) in [5, 5.41) is 0. The number of aryl methyl sites for hydroxylation is 1. The van der Waals surface area contributed by atoms with Crippen molar-refractivity contribution in [1.82, 2.24) is 0 Å². The van der Waals surface area contributed by atoms with Gasteiger partial charge in [0.2, 0.25) is 0 Å². The SMILES string of the molecule is CCOC(=O)COc1ccc(OC/C=C(\I)c2ccc(F)cc2)cc1C. The van der Waals surface area contributed by atoms with E-state index in [-0.39, 0.29) is 12.4 Å². The van der Waals surface area contributed by atoms with Gasteiger partial charge in [0.05, 0.1) is 6.61 Å². The van der Waals surface area contributed by atoms with E-state index in [0.717, 1.165) is 14.7 Å². The lowest BCUT2D eigenvalue weighted by Gasteiger charge is -2.11. The fourth-order valence-electron chi connectivity index (χ4n) is 2.15. The van der Waals surface area contributed by atoms with Crippen LogP contribution in [0.3, 0.4) is 0 Å². The summed E-state index contributed by atoms with van der Waals surface area (Å²) >= 11 is 2.19. The molecule has 0 aliphatic heterocycles. The number of rotatable bonds is 8. The van der Waals surface area contributed by atoms with E-state index in [1.54, 1.807) is 31.2 Å². The normalized spacial score (nSPS) is 11.2. The van der Waals surface area contributed by atoms with Crippen LogP contribution in [0.2, 0.25) is 0 Å². The van der Waals surface area contributed by atoms with Gasteiger partial charge in [0.1, 0.15) is 23.9 Å². The van der Waals surface area contributed by atoms with Crippen LogP contribution < -0.4 is 9.47 Å². The van der Waals surface area contributed by atoms with E-state index in [2.05, 4.69) is 22.6 Å². The second-order valence-electron chi connectivity index (χ2n) is 5.39. The first-order chi connectivity index (χ1) is 12.5. The summed E-state index contributed by atoms with van der Waals surface area (Å²) in [5.41, 5.74) is 1.80. The van der Waals surface area contributed by atoms with Crippen LogP contribution >= 0.6 is 22.6 Å². The summed E-state index contributed by atoms with van der Waals surface area (Å²) < 4.78 is 29.9. The van der Waals surface area contributed by atoms with Crippen molar-refractivity contribution in [3.8, 4) is 11.5 Å². The number of benzene rings is 2. The van der Waals surface area contributed by atoms with Gasteiger partial charge >= 0.3 is 5.97 Å². The van der Waals surface area contributed by atoms with Crippen LogP contribution in [0, 0.1) is 12.7 Å². The first-order valence-electron chi connectivity index (χ1n) is 8.13. The molecule has 6 heteroatoms. The van der Waals surface area contributed by atoms with Crippen molar-refractivity contribution in [2.75, 3.05) is 19.8 Å².